The number of esters is 1. The highest BCUT2D eigenvalue weighted by Crippen LogP contribution is 2.44. The molecule has 2 N–H and O–H groups in total. The van der Waals surface area contributed by atoms with Crippen LogP contribution in [-0.2, 0) is 4.79 Å². The number of halogens is 1. The van der Waals surface area contributed by atoms with Crippen molar-refractivity contribution in [2.24, 2.45) is 0 Å². The molecule has 0 aromatic heterocycles. The lowest BCUT2D eigenvalue weighted by Crippen LogP contribution is -2.21. The Kier molecular flexibility index (Phi) is 4.05. The number of phenolic OH excluding ortho intramolecular Hbond substituents is 2. The number of ether oxygens (including phenoxy) is 2. The Labute approximate surface area is 138 Å². The number of fused-ring (bicyclic) bond motifs is 1. The van der Waals surface area contributed by atoms with Gasteiger partial charge in [0.25, 0.3) is 0 Å². The van der Waals surface area contributed by atoms with Crippen LogP contribution in [0.3, 0.4) is 0 Å². The molecule has 0 fully saturated rings. The number of hydrogen-bond donors (Lipinski definition) is 2. The Hall–Kier alpha value is -2.40. The van der Waals surface area contributed by atoms with Gasteiger partial charge in [-0.3, -0.25) is 4.79 Å². The minimum Gasteiger partial charge on any atom is -0.508 e. The lowest BCUT2D eigenvalue weighted by atomic mass is 9.86. The van der Waals surface area contributed by atoms with E-state index in [-0.39, 0.29) is 34.6 Å². The highest BCUT2D eigenvalue weighted by atomic mass is 35.5. The number of hydrogen-bond acceptors (Lipinski definition) is 5. The molecule has 120 valence electrons. The van der Waals surface area contributed by atoms with Gasteiger partial charge in [0.15, 0.2) is 11.5 Å². The summed E-state index contributed by atoms with van der Waals surface area (Å²) in [5.41, 5.74) is 1.51. The molecule has 0 amide bonds. The Morgan fingerprint density at radius 2 is 2.09 bits per heavy atom. The molecule has 2 aromatic rings. The largest absolute Gasteiger partial charge is 0.508 e. The number of aromatic hydroxyl groups is 2. The summed E-state index contributed by atoms with van der Waals surface area (Å²) in [4.78, 5) is 11.9. The Bertz CT molecular complexity index is 772. The minimum atomic E-state index is -0.393. The Balaban J connectivity index is 2.10. The van der Waals surface area contributed by atoms with Crippen molar-refractivity contribution in [2.75, 3.05) is 6.61 Å². The van der Waals surface area contributed by atoms with Crippen LogP contribution in [0.1, 0.15) is 30.4 Å². The van der Waals surface area contributed by atoms with Crippen molar-refractivity contribution in [3.05, 3.63) is 46.5 Å². The first-order chi connectivity index (χ1) is 11.0. The van der Waals surface area contributed by atoms with E-state index in [1.54, 1.807) is 25.1 Å². The number of phenols is 2. The zero-order chi connectivity index (χ0) is 16.6. The summed E-state index contributed by atoms with van der Waals surface area (Å²) in [6.45, 7) is 2.18. The number of carbonyl (C=O) groups is 1. The van der Waals surface area contributed by atoms with Crippen molar-refractivity contribution in [2.45, 2.75) is 19.3 Å². The van der Waals surface area contributed by atoms with Crippen molar-refractivity contribution >= 4 is 17.6 Å². The Morgan fingerprint density at radius 1 is 1.30 bits per heavy atom. The maximum Gasteiger partial charge on any atom is 0.312 e. The molecule has 0 radical (unpaired) electrons. The Morgan fingerprint density at radius 3 is 2.83 bits per heavy atom. The van der Waals surface area contributed by atoms with Gasteiger partial charge < -0.3 is 19.7 Å². The van der Waals surface area contributed by atoms with Crippen LogP contribution in [0.15, 0.2) is 30.3 Å². The second-order valence-corrected chi connectivity index (χ2v) is 5.64. The fourth-order valence-corrected chi connectivity index (χ4v) is 2.92. The van der Waals surface area contributed by atoms with E-state index >= 15 is 0 Å². The highest BCUT2D eigenvalue weighted by molar-refractivity contribution is 6.32. The molecule has 0 bridgehead atoms. The second-order valence-electron chi connectivity index (χ2n) is 5.24. The summed E-state index contributed by atoms with van der Waals surface area (Å²) in [5.74, 6) is -0.181. The SMILES string of the molecule is CCOc1cc(C2CC(=O)Oc3cc(O)ccc32)cc(Cl)c1O. The first kappa shape index (κ1) is 15.5. The highest BCUT2D eigenvalue weighted by Gasteiger charge is 2.30. The van der Waals surface area contributed by atoms with Crippen molar-refractivity contribution in [3.63, 3.8) is 0 Å². The van der Waals surface area contributed by atoms with Crippen LogP contribution in [0.25, 0.3) is 0 Å². The average Bonchev–Trinajstić information content (AvgIpc) is 2.50. The molecule has 0 aliphatic carbocycles. The third-order valence-electron chi connectivity index (χ3n) is 3.72. The lowest BCUT2D eigenvalue weighted by molar-refractivity contribution is -0.135. The van der Waals surface area contributed by atoms with Crippen molar-refractivity contribution in [1.82, 2.24) is 0 Å². The van der Waals surface area contributed by atoms with E-state index in [0.717, 1.165) is 11.1 Å². The summed E-state index contributed by atoms with van der Waals surface area (Å²) in [7, 11) is 0. The summed E-state index contributed by atoms with van der Waals surface area (Å²) in [6.07, 6.45) is 0.143. The van der Waals surface area contributed by atoms with Gasteiger partial charge in [-0.25, -0.2) is 0 Å². The molecular formula is C17H15ClO5. The smallest absolute Gasteiger partial charge is 0.312 e. The fourth-order valence-electron chi connectivity index (χ4n) is 2.70. The molecule has 0 saturated heterocycles. The molecule has 23 heavy (non-hydrogen) atoms. The fraction of sp³-hybridized carbons (Fsp3) is 0.235. The monoisotopic (exact) mass is 334 g/mol. The maximum absolute atomic E-state index is 11.9. The van der Waals surface area contributed by atoms with E-state index in [2.05, 4.69) is 0 Å². The predicted octanol–water partition coefficient (Wildman–Crippen LogP) is 3.59. The molecule has 2 aromatic carbocycles. The third kappa shape index (κ3) is 2.92. The van der Waals surface area contributed by atoms with Gasteiger partial charge in [-0.15, -0.1) is 0 Å². The third-order valence-corrected chi connectivity index (χ3v) is 4.01. The predicted molar refractivity (Wildman–Crippen MR) is 84.5 cm³/mol. The zero-order valence-corrected chi connectivity index (χ0v) is 13.1. The number of carbonyl (C=O) groups excluding carboxylic acids is 1. The maximum atomic E-state index is 11.9. The molecule has 3 rings (SSSR count). The summed E-state index contributed by atoms with van der Waals surface area (Å²) < 4.78 is 10.6. The van der Waals surface area contributed by atoms with Crippen LogP contribution >= 0.6 is 11.6 Å². The van der Waals surface area contributed by atoms with Gasteiger partial charge in [-0.05, 0) is 30.7 Å². The van der Waals surface area contributed by atoms with Crippen LogP contribution in [0.4, 0.5) is 0 Å². The summed E-state index contributed by atoms with van der Waals surface area (Å²) >= 11 is 6.08. The van der Waals surface area contributed by atoms with Gasteiger partial charge in [-0.2, -0.15) is 0 Å². The standard InChI is InChI=1S/C17H15ClO5/c1-2-22-15-6-9(5-13(18)17(15)21)12-8-16(20)23-14-7-10(19)3-4-11(12)14/h3-7,12,19,21H,2,8H2,1H3. The van der Waals surface area contributed by atoms with Crippen LogP contribution in [-0.4, -0.2) is 22.8 Å². The molecule has 1 heterocycles. The average molecular weight is 335 g/mol. The molecule has 1 aliphatic rings. The first-order valence-corrected chi connectivity index (χ1v) is 7.56. The minimum absolute atomic E-state index is 0.0240. The van der Waals surface area contributed by atoms with Gasteiger partial charge in [0.2, 0.25) is 0 Å². The molecule has 1 unspecified atom stereocenters. The molecular weight excluding hydrogens is 320 g/mol. The van der Waals surface area contributed by atoms with Gasteiger partial charge in [0, 0.05) is 17.5 Å². The van der Waals surface area contributed by atoms with E-state index in [4.69, 9.17) is 21.1 Å². The van der Waals surface area contributed by atoms with Crippen LogP contribution in [0.5, 0.6) is 23.0 Å². The number of benzene rings is 2. The van der Waals surface area contributed by atoms with Gasteiger partial charge in [0.05, 0.1) is 18.1 Å². The van der Waals surface area contributed by atoms with Crippen molar-refractivity contribution in [1.29, 1.82) is 0 Å². The lowest BCUT2D eigenvalue weighted by Gasteiger charge is -2.25. The molecule has 0 spiro atoms. The molecule has 1 aliphatic heterocycles. The van der Waals surface area contributed by atoms with E-state index in [0.29, 0.717) is 12.4 Å². The normalized spacial score (nSPS) is 16.6. The van der Waals surface area contributed by atoms with Crippen LogP contribution in [0, 0.1) is 0 Å². The first-order valence-electron chi connectivity index (χ1n) is 7.18. The topological polar surface area (TPSA) is 76.0 Å². The summed E-state index contributed by atoms with van der Waals surface area (Å²) in [5, 5.41) is 19.7. The quantitative estimate of drug-likeness (QED) is 0.662. The zero-order valence-electron chi connectivity index (χ0n) is 12.4. The second kappa shape index (κ2) is 6.01. The number of rotatable bonds is 3. The van der Waals surface area contributed by atoms with Crippen LogP contribution in [0.2, 0.25) is 5.02 Å². The van der Waals surface area contributed by atoms with E-state index in [1.807, 2.05) is 0 Å². The molecule has 0 saturated carbocycles. The molecule has 5 nitrogen and oxygen atoms in total. The van der Waals surface area contributed by atoms with E-state index in [1.165, 1.54) is 12.1 Å². The van der Waals surface area contributed by atoms with E-state index < -0.39 is 5.97 Å². The van der Waals surface area contributed by atoms with Crippen molar-refractivity contribution < 1.29 is 24.5 Å². The van der Waals surface area contributed by atoms with E-state index in [9.17, 15) is 15.0 Å². The molecule has 1 atom stereocenters. The van der Waals surface area contributed by atoms with Gasteiger partial charge in [-0.1, -0.05) is 17.7 Å². The summed E-state index contributed by atoms with van der Waals surface area (Å²) in [6, 6.07) is 7.94. The molecule has 6 heteroatoms. The van der Waals surface area contributed by atoms with Crippen molar-refractivity contribution in [3.8, 4) is 23.0 Å². The van der Waals surface area contributed by atoms with Gasteiger partial charge >= 0.3 is 5.97 Å². The van der Waals surface area contributed by atoms with Gasteiger partial charge in [0.1, 0.15) is 11.5 Å². The van der Waals surface area contributed by atoms with Crippen LogP contribution < -0.4 is 9.47 Å².